The van der Waals surface area contributed by atoms with Gasteiger partial charge in [-0.1, -0.05) is 38.8 Å². The number of hydrogen-bond donors (Lipinski definition) is 3. The molecule has 1 saturated carbocycles. The van der Waals surface area contributed by atoms with Crippen molar-refractivity contribution in [2.45, 2.75) is 52.0 Å². The molecule has 0 aliphatic heterocycles. The highest BCUT2D eigenvalue weighted by Gasteiger charge is 2.28. The van der Waals surface area contributed by atoms with E-state index >= 15 is 0 Å². The summed E-state index contributed by atoms with van der Waals surface area (Å²) in [6, 6.07) is 7.39. The number of rotatable bonds is 5. The van der Waals surface area contributed by atoms with Gasteiger partial charge in [0.2, 0.25) is 0 Å². The van der Waals surface area contributed by atoms with Gasteiger partial charge in [0.1, 0.15) is 5.75 Å². The Balaban J connectivity index is 1.75. The molecule has 2 atom stereocenters. The molecule has 0 radical (unpaired) electrons. The van der Waals surface area contributed by atoms with Crippen LogP contribution >= 0.6 is 0 Å². The molecule has 4 nitrogen and oxygen atoms in total. The first kappa shape index (κ1) is 16.7. The molecule has 0 heterocycles. The van der Waals surface area contributed by atoms with Crippen molar-refractivity contribution in [2.24, 2.45) is 11.8 Å². The van der Waals surface area contributed by atoms with E-state index in [2.05, 4.69) is 24.5 Å². The predicted octanol–water partition coefficient (Wildman–Crippen LogP) is 3.45. The molecule has 1 aromatic carbocycles. The first-order valence-electron chi connectivity index (χ1n) is 8.38. The maximum Gasteiger partial charge on any atom is 0.315 e. The predicted molar refractivity (Wildman–Crippen MR) is 88.9 cm³/mol. The summed E-state index contributed by atoms with van der Waals surface area (Å²) in [6.07, 6.45) is 5.51. The van der Waals surface area contributed by atoms with E-state index in [4.69, 9.17) is 0 Å². The zero-order valence-corrected chi connectivity index (χ0v) is 13.6. The molecule has 0 aromatic heterocycles. The summed E-state index contributed by atoms with van der Waals surface area (Å²) in [4.78, 5) is 12.1. The third kappa shape index (κ3) is 4.93. The number of phenolic OH excluding ortho intramolecular Hbond substituents is 1. The van der Waals surface area contributed by atoms with Crippen molar-refractivity contribution in [3.63, 3.8) is 0 Å². The van der Waals surface area contributed by atoms with Crippen molar-refractivity contribution in [3.05, 3.63) is 29.8 Å². The van der Waals surface area contributed by atoms with Gasteiger partial charge in [-0.15, -0.1) is 0 Å². The highest BCUT2D eigenvalue weighted by atomic mass is 16.3. The Morgan fingerprint density at radius 2 is 2.09 bits per heavy atom. The van der Waals surface area contributed by atoms with Gasteiger partial charge in [0.15, 0.2) is 0 Å². The van der Waals surface area contributed by atoms with Gasteiger partial charge in [0, 0.05) is 12.6 Å². The molecule has 0 bridgehead atoms. The second kappa shape index (κ2) is 8.06. The van der Waals surface area contributed by atoms with Crippen LogP contribution in [0.2, 0.25) is 0 Å². The normalized spacial score (nSPS) is 21.6. The first-order valence-corrected chi connectivity index (χ1v) is 8.38. The minimum atomic E-state index is -0.0716. The fourth-order valence-corrected chi connectivity index (χ4v) is 3.39. The monoisotopic (exact) mass is 304 g/mol. The lowest BCUT2D eigenvalue weighted by Crippen LogP contribution is -2.48. The van der Waals surface area contributed by atoms with Gasteiger partial charge >= 0.3 is 6.03 Å². The number of urea groups is 1. The van der Waals surface area contributed by atoms with Crippen LogP contribution in [0.1, 0.15) is 45.1 Å². The molecule has 1 aliphatic carbocycles. The molecule has 122 valence electrons. The van der Waals surface area contributed by atoms with Crippen molar-refractivity contribution in [3.8, 4) is 5.75 Å². The summed E-state index contributed by atoms with van der Waals surface area (Å²) in [5.74, 6) is 1.47. The van der Waals surface area contributed by atoms with E-state index in [9.17, 15) is 9.90 Å². The summed E-state index contributed by atoms with van der Waals surface area (Å²) in [5.41, 5.74) is 1.03. The maximum absolute atomic E-state index is 12.1. The molecule has 1 aromatic rings. The van der Waals surface area contributed by atoms with Crippen molar-refractivity contribution in [1.82, 2.24) is 10.6 Å². The Hall–Kier alpha value is -1.71. The van der Waals surface area contributed by atoms with E-state index in [-0.39, 0.29) is 11.8 Å². The zero-order valence-electron chi connectivity index (χ0n) is 13.6. The molecule has 1 fully saturated rings. The molecular weight excluding hydrogens is 276 g/mol. The Bertz CT molecular complexity index is 488. The molecule has 4 heteroatoms. The SMILES string of the molecule is CC(C)C1CCCCC1NC(=O)NCCc1cccc(O)c1. The van der Waals surface area contributed by atoms with Crippen LogP contribution in [0.3, 0.4) is 0 Å². The molecule has 0 spiro atoms. The Labute approximate surface area is 133 Å². The number of hydrogen-bond acceptors (Lipinski definition) is 2. The molecule has 2 unspecified atom stereocenters. The molecule has 22 heavy (non-hydrogen) atoms. The van der Waals surface area contributed by atoms with Crippen molar-refractivity contribution in [2.75, 3.05) is 6.54 Å². The number of carbonyl (C=O) groups is 1. The van der Waals surface area contributed by atoms with E-state index < -0.39 is 0 Å². The summed E-state index contributed by atoms with van der Waals surface area (Å²) in [6.45, 7) is 5.06. The second-order valence-corrected chi connectivity index (χ2v) is 6.62. The number of carbonyl (C=O) groups excluding carboxylic acids is 1. The number of phenols is 1. The molecule has 3 N–H and O–H groups in total. The van der Waals surface area contributed by atoms with Crippen LogP contribution < -0.4 is 10.6 Å². The largest absolute Gasteiger partial charge is 0.508 e. The summed E-state index contributed by atoms with van der Waals surface area (Å²) < 4.78 is 0. The maximum atomic E-state index is 12.1. The van der Waals surface area contributed by atoms with Crippen molar-refractivity contribution in [1.29, 1.82) is 0 Å². The minimum absolute atomic E-state index is 0.0716. The highest BCUT2D eigenvalue weighted by Crippen LogP contribution is 2.30. The van der Waals surface area contributed by atoms with Crippen LogP contribution in [0.25, 0.3) is 0 Å². The van der Waals surface area contributed by atoms with E-state index in [1.165, 1.54) is 19.3 Å². The standard InChI is InChI=1S/C18H28N2O2/c1-13(2)16-8-3-4-9-17(16)20-18(22)19-11-10-14-6-5-7-15(21)12-14/h5-7,12-13,16-17,21H,3-4,8-11H2,1-2H3,(H2,19,20,22). The van der Waals surface area contributed by atoms with E-state index in [1.54, 1.807) is 12.1 Å². The Kier molecular flexibility index (Phi) is 6.10. The van der Waals surface area contributed by atoms with Gasteiger partial charge in [0.25, 0.3) is 0 Å². The van der Waals surface area contributed by atoms with Crippen LogP contribution in [0, 0.1) is 11.8 Å². The van der Waals surface area contributed by atoms with E-state index in [0.29, 0.717) is 24.4 Å². The smallest absolute Gasteiger partial charge is 0.315 e. The van der Waals surface area contributed by atoms with Gasteiger partial charge in [-0.25, -0.2) is 4.79 Å². The highest BCUT2D eigenvalue weighted by molar-refractivity contribution is 5.74. The Morgan fingerprint density at radius 3 is 2.82 bits per heavy atom. The van der Waals surface area contributed by atoms with Crippen LogP contribution in [0.5, 0.6) is 5.75 Å². The summed E-state index contributed by atoms with van der Waals surface area (Å²) in [7, 11) is 0. The number of benzene rings is 1. The first-order chi connectivity index (χ1) is 10.6. The number of amides is 2. The van der Waals surface area contributed by atoms with Crippen LogP contribution in [0.15, 0.2) is 24.3 Å². The minimum Gasteiger partial charge on any atom is -0.508 e. The van der Waals surface area contributed by atoms with Gasteiger partial charge in [0.05, 0.1) is 0 Å². The van der Waals surface area contributed by atoms with Gasteiger partial charge < -0.3 is 15.7 Å². The quantitative estimate of drug-likeness (QED) is 0.780. The third-order valence-corrected chi connectivity index (χ3v) is 4.60. The Morgan fingerprint density at radius 1 is 1.32 bits per heavy atom. The lowest BCUT2D eigenvalue weighted by atomic mass is 9.78. The molecule has 0 saturated heterocycles. The molecule has 2 amide bonds. The van der Waals surface area contributed by atoms with Gasteiger partial charge in [-0.05, 0) is 48.8 Å². The number of aromatic hydroxyl groups is 1. The lowest BCUT2D eigenvalue weighted by molar-refractivity contribution is 0.194. The zero-order chi connectivity index (χ0) is 15.9. The van der Waals surface area contributed by atoms with E-state index in [1.807, 2.05) is 12.1 Å². The number of nitrogens with one attached hydrogen (secondary N) is 2. The third-order valence-electron chi connectivity index (χ3n) is 4.60. The average molecular weight is 304 g/mol. The van der Waals surface area contributed by atoms with Gasteiger partial charge in [-0.2, -0.15) is 0 Å². The van der Waals surface area contributed by atoms with Crippen molar-refractivity contribution < 1.29 is 9.90 Å². The van der Waals surface area contributed by atoms with Crippen LogP contribution in [-0.4, -0.2) is 23.7 Å². The summed E-state index contributed by atoms with van der Waals surface area (Å²) >= 11 is 0. The molecule has 1 aliphatic rings. The molecule has 2 rings (SSSR count). The van der Waals surface area contributed by atoms with Gasteiger partial charge in [-0.3, -0.25) is 0 Å². The van der Waals surface area contributed by atoms with E-state index in [0.717, 1.165) is 18.4 Å². The fraction of sp³-hybridized carbons (Fsp3) is 0.611. The molecular formula is C18H28N2O2. The summed E-state index contributed by atoms with van der Waals surface area (Å²) in [5, 5.41) is 15.5. The lowest BCUT2D eigenvalue weighted by Gasteiger charge is -2.34. The van der Waals surface area contributed by atoms with Crippen LogP contribution in [-0.2, 0) is 6.42 Å². The van der Waals surface area contributed by atoms with Crippen molar-refractivity contribution >= 4 is 6.03 Å². The average Bonchev–Trinajstić information content (AvgIpc) is 2.47. The second-order valence-electron chi connectivity index (χ2n) is 6.62. The van der Waals surface area contributed by atoms with Crippen LogP contribution in [0.4, 0.5) is 4.79 Å². The topological polar surface area (TPSA) is 61.4 Å². The fourth-order valence-electron chi connectivity index (χ4n) is 3.39.